The summed E-state index contributed by atoms with van der Waals surface area (Å²) in [5.41, 5.74) is 1.15. The molecule has 0 spiro atoms. The van der Waals surface area contributed by atoms with E-state index in [1.807, 2.05) is 23.1 Å². The van der Waals surface area contributed by atoms with Gasteiger partial charge in [0.25, 0.3) is 0 Å². The number of amides is 1. The highest BCUT2D eigenvalue weighted by atomic mass is 16.5. The second-order valence-electron chi connectivity index (χ2n) is 5.59. The van der Waals surface area contributed by atoms with E-state index in [-0.39, 0.29) is 24.0 Å². The second kappa shape index (κ2) is 6.89. The van der Waals surface area contributed by atoms with Crippen LogP contribution in [0.4, 0.5) is 0 Å². The lowest BCUT2D eigenvalue weighted by Crippen LogP contribution is -2.50. The molecular formula is C17H25NO2. The molecule has 0 N–H and O–H groups in total. The molecule has 0 radical (unpaired) electrons. The van der Waals surface area contributed by atoms with Gasteiger partial charge in [-0.25, -0.2) is 0 Å². The van der Waals surface area contributed by atoms with E-state index in [0.717, 1.165) is 18.4 Å². The number of hydrogen-bond acceptors (Lipinski definition) is 2. The molecular weight excluding hydrogens is 250 g/mol. The summed E-state index contributed by atoms with van der Waals surface area (Å²) in [7, 11) is 0. The molecule has 1 amide bonds. The van der Waals surface area contributed by atoms with E-state index in [9.17, 15) is 4.79 Å². The van der Waals surface area contributed by atoms with Gasteiger partial charge in [0.15, 0.2) is 0 Å². The molecule has 1 aliphatic heterocycles. The van der Waals surface area contributed by atoms with Crippen molar-refractivity contribution in [2.45, 2.75) is 45.8 Å². The Morgan fingerprint density at radius 1 is 1.30 bits per heavy atom. The van der Waals surface area contributed by atoms with Gasteiger partial charge in [-0.2, -0.15) is 0 Å². The minimum Gasteiger partial charge on any atom is -0.370 e. The number of carbonyl (C=O) groups is 1. The molecule has 1 aromatic rings. The normalized spacial score (nSPS) is 23.1. The number of hydrogen-bond donors (Lipinski definition) is 0. The minimum atomic E-state index is 0.00529. The van der Waals surface area contributed by atoms with Gasteiger partial charge >= 0.3 is 0 Å². The number of carbonyl (C=O) groups excluding carboxylic acids is 1. The first kappa shape index (κ1) is 15.0. The number of morpholine rings is 1. The van der Waals surface area contributed by atoms with Crippen LogP contribution in [0.2, 0.25) is 0 Å². The Kier molecular flexibility index (Phi) is 5.18. The zero-order chi connectivity index (χ0) is 14.5. The molecule has 1 heterocycles. The van der Waals surface area contributed by atoms with Crippen molar-refractivity contribution < 1.29 is 9.53 Å². The molecule has 2 unspecified atom stereocenters. The van der Waals surface area contributed by atoms with Crippen molar-refractivity contribution in [3.05, 3.63) is 35.9 Å². The van der Waals surface area contributed by atoms with Crippen molar-refractivity contribution in [3.63, 3.8) is 0 Å². The van der Waals surface area contributed by atoms with E-state index < -0.39 is 0 Å². The molecule has 2 rings (SSSR count). The lowest BCUT2D eigenvalue weighted by Gasteiger charge is -2.39. The Bertz CT molecular complexity index is 428. The molecule has 1 aromatic carbocycles. The average Bonchev–Trinajstić information content (AvgIpc) is 2.49. The third-order valence-corrected chi connectivity index (χ3v) is 4.22. The number of rotatable bonds is 4. The summed E-state index contributed by atoms with van der Waals surface area (Å²) in [5, 5.41) is 0. The van der Waals surface area contributed by atoms with Crippen LogP contribution in [0.5, 0.6) is 0 Å². The Labute approximate surface area is 121 Å². The van der Waals surface area contributed by atoms with Gasteiger partial charge < -0.3 is 9.64 Å². The van der Waals surface area contributed by atoms with E-state index in [1.165, 1.54) is 0 Å². The highest BCUT2D eigenvalue weighted by Gasteiger charge is 2.32. The fourth-order valence-corrected chi connectivity index (χ4v) is 2.81. The molecule has 3 nitrogen and oxygen atoms in total. The van der Waals surface area contributed by atoms with Gasteiger partial charge in [0.1, 0.15) is 6.10 Å². The monoisotopic (exact) mass is 275 g/mol. The van der Waals surface area contributed by atoms with Crippen LogP contribution < -0.4 is 0 Å². The SMILES string of the molecule is CCC(CC)C(=O)N1CC(c2ccccc2)OCC1C. The van der Waals surface area contributed by atoms with E-state index in [4.69, 9.17) is 4.74 Å². The molecule has 110 valence electrons. The molecule has 1 fully saturated rings. The second-order valence-corrected chi connectivity index (χ2v) is 5.59. The van der Waals surface area contributed by atoms with Crippen molar-refractivity contribution >= 4 is 5.91 Å². The molecule has 20 heavy (non-hydrogen) atoms. The molecule has 0 aliphatic carbocycles. The van der Waals surface area contributed by atoms with E-state index in [2.05, 4.69) is 32.9 Å². The fourth-order valence-electron chi connectivity index (χ4n) is 2.81. The fraction of sp³-hybridized carbons (Fsp3) is 0.588. The maximum atomic E-state index is 12.6. The number of benzene rings is 1. The summed E-state index contributed by atoms with van der Waals surface area (Å²) in [5.74, 6) is 0.429. The van der Waals surface area contributed by atoms with Crippen LogP contribution in [-0.4, -0.2) is 30.0 Å². The van der Waals surface area contributed by atoms with Gasteiger partial charge in [-0.1, -0.05) is 44.2 Å². The predicted octanol–water partition coefficient (Wildman–Crippen LogP) is 3.41. The topological polar surface area (TPSA) is 29.5 Å². The van der Waals surface area contributed by atoms with Gasteiger partial charge in [-0.15, -0.1) is 0 Å². The standard InChI is InChI=1S/C17H25NO2/c1-4-14(5-2)17(19)18-11-16(20-12-13(18)3)15-9-7-6-8-10-15/h6-10,13-14,16H,4-5,11-12H2,1-3H3. The van der Waals surface area contributed by atoms with Gasteiger partial charge in [0.2, 0.25) is 5.91 Å². The van der Waals surface area contributed by atoms with Crippen molar-refractivity contribution in [1.82, 2.24) is 4.90 Å². The zero-order valence-corrected chi connectivity index (χ0v) is 12.7. The summed E-state index contributed by atoms with van der Waals surface area (Å²) in [6, 6.07) is 10.3. The minimum absolute atomic E-state index is 0.00529. The highest BCUT2D eigenvalue weighted by Crippen LogP contribution is 2.26. The summed E-state index contributed by atoms with van der Waals surface area (Å²) in [6.07, 6.45) is 1.83. The summed E-state index contributed by atoms with van der Waals surface area (Å²) in [6.45, 7) is 7.53. The lowest BCUT2D eigenvalue weighted by molar-refractivity contribution is -0.149. The van der Waals surface area contributed by atoms with Crippen LogP contribution >= 0.6 is 0 Å². The van der Waals surface area contributed by atoms with Crippen molar-refractivity contribution in [1.29, 1.82) is 0 Å². The van der Waals surface area contributed by atoms with Crippen LogP contribution in [0.1, 0.15) is 45.3 Å². The quantitative estimate of drug-likeness (QED) is 0.842. The van der Waals surface area contributed by atoms with Crippen LogP contribution in [0, 0.1) is 5.92 Å². The third kappa shape index (κ3) is 3.21. The molecule has 1 aliphatic rings. The first-order valence-corrected chi connectivity index (χ1v) is 7.64. The van der Waals surface area contributed by atoms with Crippen LogP contribution in [-0.2, 0) is 9.53 Å². The Balaban J connectivity index is 2.10. The van der Waals surface area contributed by atoms with Crippen molar-refractivity contribution in [2.24, 2.45) is 5.92 Å². The molecule has 0 bridgehead atoms. The lowest BCUT2D eigenvalue weighted by atomic mass is 9.99. The smallest absolute Gasteiger partial charge is 0.226 e. The van der Waals surface area contributed by atoms with Gasteiger partial charge in [0.05, 0.1) is 19.2 Å². The predicted molar refractivity (Wildman–Crippen MR) is 80.4 cm³/mol. The number of nitrogens with zero attached hydrogens (tertiary/aromatic N) is 1. The van der Waals surface area contributed by atoms with Gasteiger partial charge in [-0.05, 0) is 25.3 Å². The Morgan fingerprint density at radius 3 is 2.55 bits per heavy atom. The summed E-state index contributed by atoms with van der Waals surface area (Å²) in [4.78, 5) is 14.6. The Morgan fingerprint density at radius 2 is 1.95 bits per heavy atom. The molecule has 1 saturated heterocycles. The van der Waals surface area contributed by atoms with Crippen LogP contribution in [0.3, 0.4) is 0 Å². The first-order valence-electron chi connectivity index (χ1n) is 7.64. The number of ether oxygens (including phenoxy) is 1. The maximum absolute atomic E-state index is 12.6. The summed E-state index contributed by atoms with van der Waals surface area (Å²) < 4.78 is 5.91. The first-order chi connectivity index (χ1) is 9.67. The van der Waals surface area contributed by atoms with E-state index in [0.29, 0.717) is 13.2 Å². The van der Waals surface area contributed by atoms with Crippen molar-refractivity contribution in [2.75, 3.05) is 13.2 Å². The third-order valence-electron chi connectivity index (χ3n) is 4.22. The molecule has 2 atom stereocenters. The average molecular weight is 275 g/mol. The van der Waals surface area contributed by atoms with Gasteiger partial charge in [0, 0.05) is 5.92 Å². The molecule has 0 saturated carbocycles. The highest BCUT2D eigenvalue weighted by molar-refractivity contribution is 5.79. The zero-order valence-electron chi connectivity index (χ0n) is 12.7. The molecule has 0 aromatic heterocycles. The van der Waals surface area contributed by atoms with Gasteiger partial charge in [-0.3, -0.25) is 4.79 Å². The van der Waals surface area contributed by atoms with Crippen LogP contribution in [0.25, 0.3) is 0 Å². The summed E-state index contributed by atoms with van der Waals surface area (Å²) >= 11 is 0. The van der Waals surface area contributed by atoms with E-state index >= 15 is 0 Å². The van der Waals surface area contributed by atoms with E-state index in [1.54, 1.807) is 0 Å². The maximum Gasteiger partial charge on any atom is 0.226 e. The van der Waals surface area contributed by atoms with Crippen LogP contribution in [0.15, 0.2) is 30.3 Å². The molecule has 3 heteroatoms. The Hall–Kier alpha value is -1.35. The largest absolute Gasteiger partial charge is 0.370 e. The van der Waals surface area contributed by atoms with Crippen molar-refractivity contribution in [3.8, 4) is 0 Å².